The minimum absolute atomic E-state index is 0.789. The van der Waals surface area contributed by atoms with Crippen LogP contribution in [0.15, 0.2) is 42.6 Å². The van der Waals surface area contributed by atoms with Gasteiger partial charge in [0.2, 0.25) is 0 Å². The second kappa shape index (κ2) is 7.68. The van der Waals surface area contributed by atoms with Crippen molar-refractivity contribution in [2.75, 3.05) is 5.73 Å². The minimum Gasteiger partial charge on any atom is -0.399 e. The minimum atomic E-state index is 0.789. The third-order valence-corrected chi connectivity index (χ3v) is 3.60. The van der Waals surface area contributed by atoms with Gasteiger partial charge in [0.15, 0.2) is 0 Å². The van der Waals surface area contributed by atoms with Crippen molar-refractivity contribution in [3.05, 3.63) is 48.2 Å². The van der Waals surface area contributed by atoms with Gasteiger partial charge < -0.3 is 5.73 Å². The zero-order valence-electron chi connectivity index (χ0n) is 12.3. The van der Waals surface area contributed by atoms with Crippen LogP contribution in [0.3, 0.4) is 0 Å². The standard InChI is InChI=1S/C18H24N2/c1-2-3-4-5-6-7-15-8-13-18(20-14-15)16-9-11-17(19)12-10-16/h8-14H,2-7,19H2,1H3. The molecule has 1 aromatic heterocycles. The Labute approximate surface area is 122 Å². The second-order valence-corrected chi connectivity index (χ2v) is 5.34. The highest BCUT2D eigenvalue weighted by Gasteiger charge is 2.00. The molecule has 0 atom stereocenters. The lowest BCUT2D eigenvalue weighted by Crippen LogP contribution is -1.90. The Morgan fingerprint density at radius 3 is 2.30 bits per heavy atom. The number of hydrogen-bond acceptors (Lipinski definition) is 2. The average Bonchev–Trinajstić information content (AvgIpc) is 2.49. The maximum absolute atomic E-state index is 5.70. The summed E-state index contributed by atoms with van der Waals surface area (Å²) in [7, 11) is 0. The highest BCUT2D eigenvalue weighted by molar-refractivity contribution is 5.61. The molecule has 2 N–H and O–H groups in total. The summed E-state index contributed by atoms with van der Waals surface area (Å²) >= 11 is 0. The Kier molecular flexibility index (Phi) is 5.60. The number of unbranched alkanes of at least 4 members (excludes halogenated alkanes) is 4. The second-order valence-electron chi connectivity index (χ2n) is 5.34. The van der Waals surface area contributed by atoms with Gasteiger partial charge in [-0.05, 0) is 36.6 Å². The van der Waals surface area contributed by atoms with Crippen LogP contribution in [0.5, 0.6) is 0 Å². The Bertz CT molecular complexity index is 500. The van der Waals surface area contributed by atoms with Crippen molar-refractivity contribution in [3.63, 3.8) is 0 Å². The van der Waals surface area contributed by atoms with Crippen LogP contribution in [0.2, 0.25) is 0 Å². The molecule has 2 rings (SSSR count). The summed E-state index contributed by atoms with van der Waals surface area (Å²) in [5.41, 5.74) is 9.95. The molecule has 20 heavy (non-hydrogen) atoms. The van der Waals surface area contributed by atoms with Gasteiger partial charge in [-0.2, -0.15) is 0 Å². The molecule has 2 aromatic rings. The molecule has 0 aliphatic heterocycles. The highest BCUT2D eigenvalue weighted by Crippen LogP contribution is 2.19. The molecule has 0 spiro atoms. The van der Waals surface area contributed by atoms with Gasteiger partial charge in [0, 0.05) is 17.4 Å². The van der Waals surface area contributed by atoms with E-state index < -0.39 is 0 Å². The van der Waals surface area contributed by atoms with E-state index in [1.54, 1.807) is 0 Å². The van der Waals surface area contributed by atoms with E-state index in [9.17, 15) is 0 Å². The van der Waals surface area contributed by atoms with Crippen LogP contribution < -0.4 is 5.73 Å². The smallest absolute Gasteiger partial charge is 0.0702 e. The maximum Gasteiger partial charge on any atom is 0.0702 e. The number of hydrogen-bond donors (Lipinski definition) is 1. The number of nitrogen functional groups attached to an aromatic ring is 1. The third kappa shape index (κ3) is 4.37. The zero-order valence-corrected chi connectivity index (χ0v) is 12.3. The van der Waals surface area contributed by atoms with Crippen molar-refractivity contribution in [3.8, 4) is 11.3 Å². The van der Waals surface area contributed by atoms with E-state index in [-0.39, 0.29) is 0 Å². The first-order valence-corrected chi connectivity index (χ1v) is 7.60. The van der Waals surface area contributed by atoms with Crippen molar-refractivity contribution in [1.29, 1.82) is 0 Å². The summed E-state index contributed by atoms with van der Waals surface area (Å²) in [6, 6.07) is 12.2. The van der Waals surface area contributed by atoms with E-state index in [0.717, 1.165) is 23.4 Å². The molecule has 2 nitrogen and oxygen atoms in total. The molecular weight excluding hydrogens is 244 g/mol. The van der Waals surface area contributed by atoms with Crippen molar-refractivity contribution in [2.45, 2.75) is 45.4 Å². The first-order chi connectivity index (χ1) is 9.79. The number of anilines is 1. The van der Waals surface area contributed by atoms with Gasteiger partial charge in [-0.1, -0.05) is 50.8 Å². The average molecular weight is 268 g/mol. The molecule has 106 valence electrons. The lowest BCUT2D eigenvalue weighted by Gasteiger charge is -2.04. The molecule has 1 heterocycles. The Morgan fingerprint density at radius 2 is 1.65 bits per heavy atom. The Balaban J connectivity index is 1.88. The van der Waals surface area contributed by atoms with Gasteiger partial charge in [0.1, 0.15) is 0 Å². The van der Waals surface area contributed by atoms with E-state index in [4.69, 9.17) is 5.73 Å². The lowest BCUT2D eigenvalue weighted by atomic mass is 10.1. The van der Waals surface area contributed by atoms with Gasteiger partial charge in [0.05, 0.1) is 5.69 Å². The van der Waals surface area contributed by atoms with Crippen LogP contribution in [0.1, 0.15) is 44.6 Å². The summed E-state index contributed by atoms with van der Waals surface area (Å²) in [5, 5.41) is 0. The number of nitrogens with two attached hydrogens (primary N) is 1. The summed E-state index contributed by atoms with van der Waals surface area (Å²) in [4.78, 5) is 4.55. The molecule has 0 bridgehead atoms. The SMILES string of the molecule is CCCCCCCc1ccc(-c2ccc(N)cc2)nc1. The van der Waals surface area contributed by atoms with Gasteiger partial charge in [-0.25, -0.2) is 0 Å². The molecule has 0 aliphatic rings. The van der Waals surface area contributed by atoms with Gasteiger partial charge in [-0.15, -0.1) is 0 Å². The molecule has 0 fully saturated rings. The number of aromatic nitrogens is 1. The van der Waals surface area contributed by atoms with Crippen LogP contribution >= 0.6 is 0 Å². The number of aryl methyl sites for hydroxylation is 1. The van der Waals surface area contributed by atoms with E-state index in [2.05, 4.69) is 24.0 Å². The maximum atomic E-state index is 5.70. The molecule has 0 saturated carbocycles. The van der Waals surface area contributed by atoms with Crippen LogP contribution in [-0.2, 0) is 6.42 Å². The molecule has 0 aliphatic carbocycles. The monoisotopic (exact) mass is 268 g/mol. The summed E-state index contributed by atoms with van der Waals surface area (Å²) < 4.78 is 0. The van der Waals surface area contributed by atoms with Gasteiger partial charge in [-0.3, -0.25) is 4.98 Å². The van der Waals surface area contributed by atoms with Gasteiger partial charge in [0.25, 0.3) is 0 Å². The molecule has 0 saturated heterocycles. The fraction of sp³-hybridized carbons (Fsp3) is 0.389. The largest absolute Gasteiger partial charge is 0.399 e. The quantitative estimate of drug-likeness (QED) is 0.576. The lowest BCUT2D eigenvalue weighted by molar-refractivity contribution is 0.632. The highest BCUT2D eigenvalue weighted by atomic mass is 14.7. The molecule has 0 radical (unpaired) electrons. The van der Waals surface area contributed by atoms with E-state index >= 15 is 0 Å². The number of rotatable bonds is 7. The Morgan fingerprint density at radius 1 is 0.900 bits per heavy atom. The van der Waals surface area contributed by atoms with Crippen molar-refractivity contribution in [1.82, 2.24) is 4.98 Å². The van der Waals surface area contributed by atoms with Crippen molar-refractivity contribution >= 4 is 5.69 Å². The molecule has 1 aromatic carbocycles. The first-order valence-electron chi connectivity index (χ1n) is 7.60. The molecule has 2 heteroatoms. The van der Waals surface area contributed by atoms with Crippen molar-refractivity contribution in [2.24, 2.45) is 0 Å². The zero-order chi connectivity index (χ0) is 14.2. The number of pyridine rings is 1. The molecular formula is C18H24N2. The van der Waals surface area contributed by atoms with E-state index in [0.29, 0.717) is 0 Å². The fourth-order valence-corrected chi connectivity index (χ4v) is 2.33. The normalized spacial score (nSPS) is 10.7. The van der Waals surface area contributed by atoms with Crippen molar-refractivity contribution < 1.29 is 0 Å². The summed E-state index contributed by atoms with van der Waals surface area (Å²) in [5.74, 6) is 0. The number of benzene rings is 1. The van der Waals surface area contributed by atoms with E-state index in [1.165, 1.54) is 37.7 Å². The third-order valence-electron chi connectivity index (χ3n) is 3.60. The first kappa shape index (κ1) is 14.6. The summed E-state index contributed by atoms with van der Waals surface area (Å²) in [6.45, 7) is 2.25. The van der Waals surface area contributed by atoms with Crippen LogP contribution in [-0.4, -0.2) is 4.98 Å². The van der Waals surface area contributed by atoms with E-state index in [1.807, 2.05) is 30.5 Å². The summed E-state index contributed by atoms with van der Waals surface area (Å²) in [6.07, 6.45) is 9.75. The molecule has 0 unspecified atom stereocenters. The van der Waals surface area contributed by atoms with Crippen LogP contribution in [0.4, 0.5) is 5.69 Å². The molecule has 0 amide bonds. The van der Waals surface area contributed by atoms with Crippen LogP contribution in [0, 0.1) is 0 Å². The Hall–Kier alpha value is -1.83. The topological polar surface area (TPSA) is 38.9 Å². The van der Waals surface area contributed by atoms with Gasteiger partial charge >= 0.3 is 0 Å². The van der Waals surface area contributed by atoms with Crippen LogP contribution in [0.25, 0.3) is 11.3 Å². The predicted octanol–water partition coefficient (Wildman–Crippen LogP) is 4.84. The fourth-order valence-electron chi connectivity index (χ4n) is 2.33. The predicted molar refractivity (Wildman–Crippen MR) is 86.5 cm³/mol. The number of nitrogens with zero attached hydrogens (tertiary/aromatic N) is 1.